The lowest BCUT2D eigenvalue weighted by molar-refractivity contribution is -0.0276. The second kappa shape index (κ2) is 35.4. The van der Waals surface area contributed by atoms with E-state index in [4.69, 9.17) is 68.4 Å². The Kier molecular flexibility index (Phi) is 32.7. The summed E-state index contributed by atoms with van der Waals surface area (Å²) in [6.07, 6.45) is 0.797. The van der Waals surface area contributed by atoms with E-state index < -0.39 is 0 Å². The van der Waals surface area contributed by atoms with Crippen molar-refractivity contribution < 1.29 is 61.6 Å². The Labute approximate surface area is 272 Å². The van der Waals surface area contributed by atoms with Crippen molar-refractivity contribution >= 4 is 17.9 Å². The van der Waals surface area contributed by atoms with Crippen LogP contribution in [-0.4, -0.2) is 164 Å². The number of rotatable bonds is 37. The first-order chi connectivity index (χ1) is 22.4. The minimum Gasteiger partial charge on any atom is -0.491 e. The number of ether oxygens (including phenoxy) is 12. The van der Waals surface area contributed by atoms with Gasteiger partial charge < -0.3 is 56.8 Å². The molecule has 0 saturated heterocycles. The molecule has 1 rings (SSSR count). The van der Waals surface area contributed by atoms with Crippen molar-refractivity contribution in [3.05, 3.63) is 29.8 Å². The zero-order valence-corrected chi connectivity index (χ0v) is 27.3. The average Bonchev–Trinajstić information content (AvgIpc) is 3.06. The fraction of sp³-hybridized carbons (Fsp3) is 0.774. The molecule has 14 heteroatoms. The zero-order chi connectivity index (χ0) is 32.1. The highest BCUT2D eigenvalue weighted by molar-refractivity contribution is 6.17. The topological polar surface area (TPSA) is 128 Å². The molecule has 0 spiro atoms. The van der Waals surface area contributed by atoms with Gasteiger partial charge in [0, 0.05) is 11.4 Å². The molecule has 0 heterocycles. The molecule has 0 amide bonds. The van der Waals surface area contributed by atoms with Gasteiger partial charge in [-0.2, -0.15) is 0 Å². The first kappa shape index (κ1) is 41.6. The Bertz CT molecular complexity index is 730. The highest BCUT2D eigenvalue weighted by Gasteiger charge is 1.98. The second-order valence-corrected chi connectivity index (χ2v) is 9.34. The number of benzene rings is 1. The fourth-order valence-electron chi connectivity index (χ4n) is 3.22. The molecule has 0 atom stereocenters. The minimum atomic E-state index is 0.430. The van der Waals surface area contributed by atoms with Crippen molar-refractivity contribution in [1.82, 2.24) is 0 Å². The maximum absolute atomic E-state index is 10.6. The van der Waals surface area contributed by atoms with Crippen LogP contribution in [0, 0.1) is 0 Å². The predicted molar refractivity (Wildman–Crippen MR) is 167 cm³/mol. The third-order valence-corrected chi connectivity index (χ3v) is 5.61. The van der Waals surface area contributed by atoms with Gasteiger partial charge in [-0.3, -0.25) is 4.79 Å². The number of carbonyl (C=O) groups excluding carboxylic acids is 1. The third-order valence-electron chi connectivity index (χ3n) is 5.45. The Balaban J connectivity index is 1.63. The molecule has 0 N–H and O–H groups in total. The summed E-state index contributed by atoms with van der Waals surface area (Å²) in [7, 11) is 0. The van der Waals surface area contributed by atoms with E-state index in [2.05, 4.69) is 0 Å². The maximum atomic E-state index is 10.6. The van der Waals surface area contributed by atoms with E-state index >= 15 is 0 Å². The molecule has 0 aliphatic carbocycles. The molecule has 262 valence electrons. The average molecular weight is 669 g/mol. The van der Waals surface area contributed by atoms with Crippen LogP contribution < -0.4 is 4.74 Å². The van der Waals surface area contributed by atoms with Crippen molar-refractivity contribution in [2.45, 2.75) is 0 Å². The van der Waals surface area contributed by atoms with Crippen LogP contribution in [-0.2, 0) is 52.1 Å². The van der Waals surface area contributed by atoms with E-state index in [1.54, 1.807) is 24.3 Å². The van der Waals surface area contributed by atoms with Crippen molar-refractivity contribution in [1.29, 1.82) is 0 Å². The van der Waals surface area contributed by atoms with E-state index in [1.165, 1.54) is 0 Å². The molecule has 0 saturated carbocycles. The van der Waals surface area contributed by atoms with E-state index in [0.29, 0.717) is 169 Å². The van der Waals surface area contributed by atoms with Gasteiger partial charge in [-0.25, -0.2) is 0 Å². The fourth-order valence-corrected chi connectivity index (χ4v) is 3.33. The van der Waals surface area contributed by atoms with Gasteiger partial charge in [0.25, 0.3) is 0 Å². The molecule has 0 aliphatic rings. The Morgan fingerprint density at radius 3 is 0.867 bits per heavy atom. The standard InChI is InChI=1S/C31H53ClO13/c32-5-6-34-7-8-35-9-10-36-11-12-37-13-14-38-15-16-39-17-18-40-19-20-41-21-22-42-23-24-43-25-26-44-27-28-45-31-3-1-30(29-33)2-4-31/h1-4,29H,5-28H2. The van der Waals surface area contributed by atoms with Gasteiger partial charge in [-0.05, 0) is 24.3 Å². The number of aldehydes is 1. The summed E-state index contributed by atoms with van der Waals surface area (Å²) in [4.78, 5) is 10.6. The molecule has 0 radical (unpaired) electrons. The van der Waals surface area contributed by atoms with Crippen molar-refractivity contribution in [3.8, 4) is 5.75 Å². The molecule has 0 aliphatic heterocycles. The van der Waals surface area contributed by atoms with Crippen LogP contribution in [0.5, 0.6) is 5.75 Å². The van der Waals surface area contributed by atoms with Gasteiger partial charge in [0.15, 0.2) is 0 Å². The monoisotopic (exact) mass is 668 g/mol. The number of halogens is 1. The lowest BCUT2D eigenvalue weighted by Gasteiger charge is -2.09. The smallest absolute Gasteiger partial charge is 0.150 e. The largest absolute Gasteiger partial charge is 0.491 e. The normalized spacial score (nSPS) is 11.3. The summed E-state index contributed by atoms with van der Waals surface area (Å²) in [5.41, 5.74) is 0.617. The van der Waals surface area contributed by atoms with Gasteiger partial charge in [-0.15, -0.1) is 11.6 Å². The number of hydrogen-bond donors (Lipinski definition) is 0. The van der Waals surface area contributed by atoms with Crippen LogP contribution in [0.2, 0.25) is 0 Å². The van der Waals surface area contributed by atoms with Gasteiger partial charge in [0.2, 0.25) is 0 Å². The summed E-state index contributed by atoms with van der Waals surface area (Å²) in [6.45, 7) is 11.6. The molecule has 0 aromatic heterocycles. The van der Waals surface area contributed by atoms with Crippen LogP contribution in [0.3, 0.4) is 0 Å². The van der Waals surface area contributed by atoms with E-state index in [1.807, 2.05) is 0 Å². The van der Waals surface area contributed by atoms with Gasteiger partial charge in [0.1, 0.15) is 18.6 Å². The molecule has 1 aromatic carbocycles. The minimum absolute atomic E-state index is 0.430. The quantitative estimate of drug-likeness (QED) is 0.0585. The Morgan fingerprint density at radius 1 is 0.378 bits per heavy atom. The second-order valence-electron chi connectivity index (χ2n) is 8.96. The van der Waals surface area contributed by atoms with E-state index in [-0.39, 0.29) is 0 Å². The molecule has 1 aromatic rings. The number of alkyl halides is 1. The summed E-state index contributed by atoms with van der Waals surface area (Å²) < 4.78 is 65.2. The first-order valence-corrected chi connectivity index (χ1v) is 16.0. The van der Waals surface area contributed by atoms with Gasteiger partial charge in [0.05, 0.1) is 145 Å². The Hall–Kier alpha value is -1.46. The molecular weight excluding hydrogens is 616 g/mol. The summed E-state index contributed by atoms with van der Waals surface area (Å²) in [5.74, 6) is 1.20. The van der Waals surface area contributed by atoms with Gasteiger partial charge in [-0.1, -0.05) is 0 Å². The Morgan fingerprint density at radius 2 is 0.622 bits per heavy atom. The number of carbonyl (C=O) groups is 1. The molecule has 0 fully saturated rings. The van der Waals surface area contributed by atoms with Crippen LogP contribution in [0.1, 0.15) is 10.4 Å². The maximum Gasteiger partial charge on any atom is 0.150 e. The molecule has 0 unspecified atom stereocenters. The highest BCUT2D eigenvalue weighted by atomic mass is 35.5. The van der Waals surface area contributed by atoms with Crippen molar-refractivity contribution in [2.24, 2.45) is 0 Å². The predicted octanol–water partition coefficient (Wildman–Crippen LogP) is 2.30. The number of hydrogen-bond acceptors (Lipinski definition) is 13. The third kappa shape index (κ3) is 30.9. The van der Waals surface area contributed by atoms with E-state index in [9.17, 15) is 4.79 Å². The summed E-state index contributed by atoms with van der Waals surface area (Å²) >= 11 is 5.51. The lowest BCUT2D eigenvalue weighted by Crippen LogP contribution is -2.15. The first-order valence-electron chi connectivity index (χ1n) is 15.5. The van der Waals surface area contributed by atoms with Crippen molar-refractivity contribution in [2.75, 3.05) is 158 Å². The van der Waals surface area contributed by atoms with Crippen LogP contribution in [0.15, 0.2) is 24.3 Å². The lowest BCUT2D eigenvalue weighted by atomic mass is 10.2. The molecule has 45 heavy (non-hydrogen) atoms. The van der Waals surface area contributed by atoms with Crippen molar-refractivity contribution in [3.63, 3.8) is 0 Å². The highest BCUT2D eigenvalue weighted by Crippen LogP contribution is 2.10. The van der Waals surface area contributed by atoms with Gasteiger partial charge >= 0.3 is 0 Å². The summed E-state index contributed by atoms with van der Waals surface area (Å²) in [6, 6.07) is 6.93. The molecule has 0 bridgehead atoms. The van der Waals surface area contributed by atoms with Crippen LogP contribution >= 0.6 is 11.6 Å². The zero-order valence-electron chi connectivity index (χ0n) is 26.5. The van der Waals surface area contributed by atoms with E-state index in [0.717, 1.165) is 6.29 Å². The molecule has 13 nitrogen and oxygen atoms in total. The van der Waals surface area contributed by atoms with Crippen LogP contribution in [0.4, 0.5) is 0 Å². The molecular formula is C31H53ClO13. The van der Waals surface area contributed by atoms with Crippen LogP contribution in [0.25, 0.3) is 0 Å². The summed E-state index contributed by atoms with van der Waals surface area (Å²) in [5, 5.41) is 0. The SMILES string of the molecule is O=Cc1ccc(OCCOCCOCCOCCOCCOCCOCCOCCOCCOCCOCCOCCCl)cc1.